The summed E-state index contributed by atoms with van der Waals surface area (Å²) in [5.41, 5.74) is 16.6. The molecule has 0 saturated carbocycles. The molecule has 0 aliphatic carbocycles. The Balaban J connectivity index is 1.53. The first kappa shape index (κ1) is 24.0. The molecule has 0 fully saturated rings. The number of anilines is 1. The molecule has 9 nitrogen and oxygen atoms in total. The van der Waals surface area contributed by atoms with Gasteiger partial charge in [0.1, 0.15) is 5.69 Å². The smallest absolute Gasteiger partial charge is 0.277 e. The quantitative estimate of drug-likeness (QED) is 0.363. The molecule has 3 amide bonds. The summed E-state index contributed by atoms with van der Waals surface area (Å²) in [6.45, 7) is 1.11. The Kier molecular flexibility index (Phi) is 6.29. The molecular weight excluding hydrogens is 468 g/mol. The van der Waals surface area contributed by atoms with Crippen LogP contribution in [-0.4, -0.2) is 41.1 Å². The van der Waals surface area contributed by atoms with Crippen molar-refractivity contribution in [3.63, 3.8) is 0 Å². The first-order valence-electron chi connectivity index (χ1n) is 11.9. The van der Waals surface area contributed by atoms with E-state index in [-0.39, 0.29) is 22.9 Å². The molecule has 37 heavy (non-hydrogen) atoms. The Morgan fingerprint density at radius 1 is 0.946 bits per heavy atom. The summed E-state index contributed by atoms with van der Waals surface area (Å²) in [5, 5.41) is 7.55. The highest BCUT2D eigenvalue weighted by Gasteiger charge is 2.34. The average molecular weight is 495 g/mol. The van der Waals surface area contributed by atoms with Gasteiger partial charge in [-0.1, -0.05) is 42.5 Å². The molecule has 3 aromatic carbocycles. The maximum Gasteiger partial charge on any atom is 0.277 e. The van der Waals surface area contributed by atoms with Gasteiger partial charge in [0.25, 0.3) is 11.8 Å². The fourth-order valence-electron chi connectivity index (χ4n) is 4.75. The van der Waals surface area contributed by atoms with Crippen LogP contribution in [0.25, 0.3) is 16.8 Å². The lowest BCUT2D eigenvalue weighted by Gasteiger charge is -2.28. The van der Waals surface area contributed by atoms with E-state index in [9.17, 15) is 14.4 Å². The largest absolute Gasteiger partial charge is 0.366 e. The van der Waals surface area contributed by atoms with Gasteiger partial charge >= 0.3 is 0 Å². The highest BCUT2D eigenvalue weighted by molar-refractivity contribution is 6.09. The number of benzene rings is 3. The van der Waals surface area contributed by atoms with E-state index in [4.69, 9.17) is 11.5 Å². The Morgan fingerprint density at radius 3 is 2.41 bits per heavy atom. The second kappa shape index (κ2) is 9.71. The van der Waals surface area contributed by atoms with Crippen LogP contribution in [0.3, 0.4) is 0 Å². The number of hydrogen-bond acceptors (Lipinski definition) is 5. The van der Waals surface area contributed by atoms with Crippen molar-refractivity contribution in [2.24, 2.45) is 11.5 Å². The van der Waals surface area contributed by atoms with E-state index in [2.05, 4.69) is 22.5 Å². The lowest BCUT2D eigenvalue weighted by atomic mass is 9.98. The third kappa shape index (κ3) is 4.36. The van der Waals surface area contributed by atoms with Crippen LogP contribution in [0.4, 0.5) is 5.69 Å². The molecule has 186 valence electrons. The van der Waals surface area contributed by atoms with E-state index in [1.165, 1.54) is 16.3 Å². The number of rotatable bonds is 7. The van der Waals surface area contributed by atoms with Crippen molar-refractivity contribution in [2.75, 3.05) is 18.5 Å². The number of aromatic nitrogens is 2. The number of fused-ring (bicyclic) bond motifs is 1. The zero-order valence-corrected chi connectivity index (χ0v) is 20.3. The van der Waals surface area contributed by atoms with Crippen molar-refractivity contribution in [3.8, 4) is 16.8 Å². The van der Waals surface area contributed by atoms with Crippen LogP contribution in [0.5, 0.6) is 0 Å². The van der Waals surface area contributed by atoms with Gasteiger partial charge in [0.05, 0.1) is 5.69 Å². The zero-order valence-electron chi connectivity index (χ0n) is 20.3. The summed E-state index contributed by atoms with van der Waals surface area (Å²) in [6, 6.07) is 22.4. The molecule has 1 aliphatic rings. The number of nitrogens with two attached hydrogens (primary N) is 2. The van der Waals surface area contributed by atoms with Gasteiger partial charge in [0.2, 0.25) is 5.91 Å². The molecule has 0 bridgehead atoms. The molecule has 4 aromatic rings. The Morgan fingerprint density at radius 2 is 1.70 bits per heavy atom. The number of primary amides is 2. The van der Waals surface area contributed by atoms with E-state index in [0.717, 1.165) is 23.4 Å². The van der Waals surface area contributed by atoms with Crippen LogP contribution in [-0.2, 0) is 13.0 Å². The summed E-state index contributed by atoms with van der Waals surface area (Å²) < 4.78 is 1.37. The highest BCUT2D eigenvalue weighted by Crippen LogP contribution is 2.31. The number of hydrogen-bond donors (Lipinski definition) is 3. The van der Waals surface area contributed by atoms with Crippen LogP contribution in [0.2, 0.25) is 0 Å². The minimum atomic E-state index is -0.716. The van der Waals surface area contributed by atoms with E-state index in [0.29, 0.717) is 24.2 Å². The van der Waals surface area contributed by atoms with Gasteiger partial charge in [-0.3, -0.25) is 14.4 Å². The second-order valence-electron chi connectivity index (χ2n) is 8.81. The van der Waals surface area contributed by atoms with Crippen molar-refractivity contribution in [2.45, 2.75) is 13.0 Å². The summed E-state index contributed by atoms with van der Waals surface area (Å²) in [6.07, 6.45) is 0.404. The molecule has 0 unspecified atom stereocenters. The van der Waals surface area contributed by atoms with Gasteiger partial charge in [-0.05, 0) is 60.5 Å². The molecule has 5 rings (SSSR count). The third-order valence-corrected chi connectivity index (χ3v) is 6.50. The molecule has 0 radical (unpaired) electrons. The van der Waals surface area contributed by atoms with Gasteiger partial charge in [-0.2, -0.15) is 5.10 Å². The normalized spacial score (nSPS) is 12.9. The number of nitrogens with zero attached hydrogens (tertiary/aromatic N) is 3. The molecule has 0 spiro atoms. The van der Waals surface area contributed by atoms with E-state index in [1.807, 2.05) is 43.4 Å². The van der Waals surface area contributed by atoms with Crippen molar-refractivity contribution in [3.05, 3.63) is 101 Å². The fraction of sp³-hybridized carbons (Fsp3) is 0.143. The van der Waals surface area contributed by atoms with Crippen molar-refractivity contribution >= 4 is 23.4 Å². The molecule has 0 atom stereocenters. The molecule has 5 N–H and O–H groups in total. The van der Waals surface area contributed by atoms with Crippen molar-refractivity contribution in [1.29, 1.82) is 0 Å². The lowest BCUT2D eigenvalue weighted by Crippen LogP contribution is -2.39. The highest BCUT2D eigenvalue weighted by atomic mass is 16.2. The zero-order chi connectivity index (χ0) is 26.1. The Labute approximate surface area is 213 Å². The number of nitrogens with one attached hydrogen (secondary N) is 1. The third-order valence-electron chi connectivity index (χ3n) is 6.50. The minimum Gasteiger partial charge on any atom is -0.366 e. The topological polar surface area (TPSA) is 136 Å². The molecule has 9 heteroatoms. The average Bonchev–Trinajstić information content (AvgIpc) is 3.31. The Hall–Kier alpha value is -4.76. The van der Waals surface area contributed by atoms with Gasteiger partial charge in [0, 0.05) is 29.9 Å². The Bertz CT molecular complexity index is 1520. The summed E-state index contributed by atoms with van der Waals surface area (Å²) in [7, 11) is 1.91. The monoisotopic (exact) mass is 494 g/mol. The van der Waals surface area contributed by atoms with Crippen LogP contribution in [0, 0.1) is 0 Å². The standard InChI is InChI=1S/C28H26N6O3/c1-31-16-19-5-2-3-8-22(19)17-9-11-20(12-10-17)33-14-13-23-24(27(30)36)32-34(25(23)28(33)37)21-7-4-6-18(15-21)26(29)35/h2-12,15,31H,13-14,16H2,1H3,(H2,29,35)(H2,30,36). The molecule has 0 saturated heterocycles. The van der Waals surface area contributed by atoms with Crippen LogP contribution >= 0.6 is 0 Å². The van der Waals surface area contributed by atoms with Crippen LogP contribution in [0.1, 0.15) is 42.5 Å². The molecular formula is C28H26N6O3. The maximum atomic E-state index is 13.8. The molecule has 1 aliphatic heterocycles. The van der Waals surface area contributed by atoms with Gasteiger partial charge in [-0.15, -0.1) is 0 Å². The predicted molar refractivity (Wildman–Crippen MR) is 141 cm³/mol. The summed E-state index contributed by atoms with van der Waals surface area (Å²) in [4.78, 5) is 39.3. The van der Waals surface area contributed by atoms with Crippen LogP contribution in [0.15, 0.2) is 72.8 Å². The lowest BCUT2D eigenvalue weighted by molar-refractivity contribution is 0.0971. The second-order valence-corrected chi connectivity index (χ2v) is 8.81. The maximum absolute atomic E-state index is 13.8. The fourth-order valence-corrected chi connectivity index (χ4v) is 4.75. The van der Waals surface area contributed by atoms with Crippen molar-refractivity contribution < 1.29 is 14.4 Å². The minimum absolute atomic E-state index is 0.0453. The number of carbonyl (C=O) groups excluding carboxylic acids is 3. The van der Waals surface area contributed by atoms with Gasteiger partial charge in [-0.25, -0.2) is 4.68 Å². The molecule has 1 aromatic heterocycles. The van der Waals surface area contributed by atoms with Crippen LogP contribution < -0.4 is 21.7 Å². The molecule has 2 heterocycles. The number of amides is 3. The van der Waals surface area contributed by atoms with Gasteiger partial charge in [0.15, 0.2) is 5.69 Å². The first-order valence-corrected chi connectivity index (χ1v) is 11.9. The van der Waals surface area contributed by atoms with E-state index in [1.54, 1.807) is 23.1 Å². The van der Waals surface area contributed by atoms with E-state index >= 15 is 0 Å². The van der Waals surface area contributed by atoms with E-state index < -0.39 is 11.8 Å². The summed E-state index contributed by atoms with van der Waals surface area (Å²) >= 11 is 0. The van der Waals surface area contributed by atoms with Crippen molar-refractivity contribution in [1.82, 2.24) is 15.1 Å². The SMILES string of the molecule is CNCc1ccccc1-c1ccc(N2CCc3c(C(N)=O)nn(-c4cccc(C(N)=O)c4)c3C2=O)cc1. The van der Waals surface area contributed by atoms with Gasteiger partial charge < -0.3 is 21.7 Å². The predicted octanol–water partition coefficient (Wildman–Crippen LogP) is 2.66. The first-order chi connectivity index (χ1) is 17.9. The number of carbonyl (C=O) groups is 3. The summed E-state index contributed by atoms with van der Waals surface area (Å²) in [5.74, 6) is -1.64.